The molecule has 4 nitrogen and oxygen atoms in total. The third-order valence-electron chi connectivity index (χ3n) is 3.64. The first-order valence-corrected chi connectivity index (χ1v) is 7.54. The number of anilines is 1. The molecule has 1 aromatic heterocycles. The fourth-order valence-electron chi connectivity index (χ4n) is 2.43. The van der Waals surface area contributed by atoms with Crippen molar-refractivity contribution in [1.82, 2.24) is 9.97 Å². The average Bonchev–Trinajstić information content (AvgIpc) is 2.52. The molecule has 0 saturated carbocycles. The molecule has 0 aliphatic carbocycles. The number of nitrogens with two attached hydrogens (primary N) is 1. The van der Waals surface area contributed by atoms with Crippen LogP contribution in [0.15, 0.2) is 30.3 Å². The Kier molecular flexibility index (Phi) is 5.28. The highest BCUT2D eigenvalue weighted by molar-refractivity contribution is 5.42. The summed E-state index contributed by atoms with van der Waals surface area (Å²) in [6, 6.07) is 10.4. The Morgan fingerprint density at radius 2 is 1.81 bits per heavy atom. The van der Waals surface area contributed by atoms with Crippen molar-refractivity contribution in [3.63, 3.8) is 0 Å². The van der Waals surface area contributed by atoms with Crippen LogP contribution in [0, 0.1) is 6.92 Å². The molecule has 1 heterocycles. The standard InChI is InChI=1S/C17H24N4/c1-4-16-10-17(20-13(3)19-16)21(5-2)12-15-9-7-6-8-14(15)11-18/h6-10H,4-5,11-12,18H2,1-3H3. The van der Waals surface area contributed by atoms with Gasteiger partial charge in [0.15, 0.2) is 0 Å². The molecular formula is C17H24N4. The van der Waals surface area contributed by atoms with Gasteiger partial charge in [-0.15, -0.1) is 0 Å². The number of hydrogen-bond acceptors (Lipinski definition) is 4. The van der Waals surface area contributed by atoms with Gasteiger partial charge in [0, 0.05) is 31.4 Å². The van der Waals surface area contributed by atoms with Crippen LogP contribution in [0.1, 0.15) is 36.5 Å². The second kappa shape index (κ2) is 7.18. The number of rotatable bonds is 6. The van der Waals surface area contributed by atoms with Crippen LogP contribution in [0.2, 0.25) is 0 Å². The second-order valence-electron chi connectivity index (χ2n) is 5.11. The minimum atomic E-state index is 0.566. The molecule has 0 atom stereocenters. The van der Waals surface area contributed by atoms with Gasteiger partial charge in [-0.05, 0) is 31.4 Å². The summed E-state index contributed by atoms with van der Waals surface area (Å²) < 4.78 is 0. The van der Waals surface area contributed by atoms with Crippen LogP contribution in [0.25, 0.3) is 0 Å². The Morgan fingerprint density at radius 3 is 2.43 bits per heavy atom. The summed E-state index contributed by atoms with van der Waals surface area (Å²) in [5, 5.41) is 0. The van der Waals surface area contributed by atoms with Crippen LogP contribution in [0.5, 0.6) is 0 Å². The summed E-state index contributed by atoms with van der Waals surface area (Å²) in [6.45, 7) is 8.50. The lowest BCUT2D eigenvalue weighted by Crippen LogP contribution is -2.24. The zero-order valence-corrected chi connectivity index (χ0v) is 13.1. The summed E-state index contributed by atoms with van der Waals surface area (Å²) in [6.07, 6.45) is 0.924. The summed E-state index contributed by atoms with van der Waals surface area (Å²) in [4.78, 5) is 11.3. The lowest BCUT2D eigenvalue weighted by Gasteiger charge is -2.24. The fraction of sp³-hybridized carbons (Fsp3) is 0.412. The van der Waals surface area contributed by atoms with Crippen LogP contribution < -0.4 is 10.6 Å². The molecule has 0 aliphatic heterocycles. The average molecular weight is 284 g/mol. The first-order chi connectivity index (χ1) is 10.2. The van der Waals surface area contributed by atoms with Crippen LogP contribution in [-0.4, -0.2) is 16.5 Å². The third-order valence-corrected chi connectivity index (χ3v) is 3.64. The molecule has 112 valence electrons. The normalized spacial score (nSPS) is 10.7. The van der Waals surface area contributed by atoms with Gasteiger partial charge in [-0.3, -0.25) is 0 Å². The zero-order chi connectivity index (χ0) is 15.2. The minimum absolute atomic E-state index is 0.566. The van der Waals surface area contributed by atoms with Crippen molar-refractivity contribution in [2.75, 3.05) is 11.4 Å². The molecular weight excluding hydrogens is 260 g/mol. The van der Waals surface area contributed by atoms with E-state index in [0.717, 1.165) is 36.8 Å². The Labute approximate surface area is 127 Å². The van der Waals surface area contributed by atoms with Crippen molar-refractivity contribution in [3.05, 3.63) is 53.0 Å². The predicted molar refractivity (Wildman–Crippen MR) is 87.2 cm³/mol. The fourth-order valence-corrected chi connectivity index (χ4v) is 2.43. The molecule has 21 heavy (non-hydrogen) atoms. The SMILES string of the molecule is CCc1cc(N(CC)Cc2ccccc2CN)nc(C)n1. The molecule has 4 heteroatoms. The quantitative estimate of drug-likeness (QED) is 0.886. The largest absolute Gasteiger partial charge is 0.352 e. The molecule has 0 aliphatic rings. The van der Waals surface area contributed by atoms with Gasteiger partial charge in [0.2, 0.25) is 0 Å². The van der Waals surface area contributed by atoms with Crippen LogP contribution in [0.4, 0.5) is 5.82 Å². The Balaban J connectivity index is 2.29. The van der Waals surface area contributed by atoms with Crippen molar-refractivity contribution in [2.45, 2.75) is 40.3 Å². The number of aryl methyl sites for hydroxylation is 2. The molecule has 0 unspecified atom stereocenters. The van der Waals surface area contributed by atoms with Crippen molar-refractivity contribution in [1.29, 1.82) is 0 Å². The molecule has 2 aromatic rings. The van der Waals surface area contributed by atoms with Gasteiger partial charge in [0.1, 0.15) is 11.6 Å². The van der Waals surface area contributed by atoms with Gasteiger partial charge in [0.25, 0.3) is 0 Å². The van der Waals surface area contributed by atoms with E-state index in [0.29, 0.717) is 6.54 Å². The first kappa shape index (κ1) is 15.4. The van der Waals surface area contributed by atoms with Crippen LogP contribution in [-0.2, 0) is 19.5 Å². The molecule has 0 radical (unpaired) electrons. The maximum Gasteiger partial charge on any atom is 0.132 e. The summed E-state index contributed by atoms with van der Waals surface area (Å²) in [5.41, 5.74) is 9.37. The minimum Gasteiger partial charge on any atom is -0.352 e. The molecule has 0 bridgehead atoms. The Morgan fingerprint density at radius 1 is 1.10 bits per heavy atom. The number of nitrogens with zero attached hydrogens (tertiary/aromatic N) is 3. The van der Waals surface area contributed by atoms with Crippen molar-refractivity contribution < 1.29 is 0 Å². The molecule has 2 N–H and O–H groups in total. The smallest absolute Gasteiger partial charge is 0.132 e. The van der Waals surface area contributed by atoms with Crippen LogP contribution >= 0.6 is 0 Å². The molecule has 1 aromatic carbocycles. The number of benzene rings is 1. The number of aromatic nitrogens is 2. The van der Waals surface area contributed by atoms with Gasteiger partial charge in [0.05, 0.1) is 0 Å². The summed E-state index contributed by atoms with van der Waals surface area (Å²) >= 11 is 0. The van der Waals surface area contributed by atoms with E-state index in [4.69, 9.17) is 5.73 Å². The Hall–Kier alpha value is -1.94. The zero-order valence-electron chi connectivity index (χ0n) is 13.1. The van der Waals surface area contributed by atoms with E-state index in [2.05, 4.69) is 53.0 Å². The van der Waals surface area contributed by atoms with Crippen molar-refractivity contribution in [3.8, 4) is 0 Å². The molecule has 0 spiro atoms. The van der Waals surface area contributed by atoms with E-state index in [1.54, 1.807) is 0 Å². The van der Waals surface area contributed by atoms with Gasteiger partial charge < -0.3 is 10.6 Å². The maximum absolute atomic E-state index is 5.83. The predicted octanol–water partition coefficient (Wildman–Crippen LogP) is 2.83. The topological polar surface area (TPSA) is 55.0 Å². The second-order valence-corrected chi connectivity index (χ2v) is 5.11. The van der Waals surface area contributed by atoms with Crippen molar-refractivity contribution >= 4 is 5.82 Å². The van der Waals surface area contributed by atoms with Crippen molar-refractivity contribution in [2.24, 2.45) is 5.73 Å². The highest BCUT2D eigenvalue weighted by Gasteiger charge is 2.11. The third kappa shape index (κ3) is 3.79. The van der Waals surface area contributed by atoms with Gasteiger partial charge in [-0.1, -0.05) is 31.2 Å². The Bertz CT molecular complexity index is 595. The molecule has 0 amide bonds. The van der Waals surface area contributed by atoms with Crippen LogP contribution in [0.3, 0.4) is 0 Å². The van der Waals surface area contributed by atoms with E-state index >= 15 is 0 Å². The van der Waals surface area contributed by atoms with Gasteiger partial charge >= 0.3 is 0 Å². The van der Waals surface area contributed by atoms with Gasteiger partial charge in [-0.2, -0.15) is 0 Å². The van der Waals surface area contributed by atoms with E-state index in [1.165, 1.54) is 11.1 Å². The highest BCUT2D eigenvalue weighted by Crippen LogP contribution is 2.18. The highest BCUT2D eigenvalue weighted by atomic mass is 15.2. The van der Waals surface area contributed by atoms with Gasteiger partial charge in [-0.25, -0.2) is 9.97 Å². The van der Waals surface area contributed by atoms with E-state index in [1.807, 2.05) is 13.0 Å². The summed E-state index contributed by atoms with van der Waals surface area (Å²) in [5.74, 6) is 1.82. The maximum atomic E-state index is 5.83. The lowest BCUT2D eigenvalue weighted by molar-refractivity contribution is 0.789. The monoisotopic (exact) mass is 284 g/mol. The number of hydrogen-bond donors (Lipinski definition) is 1. The van der Waals surface area contributed by atoms with E-state index in [-0.39, 0.29) is 0 Å². The molecule has 0 fully saturated rings. The lowest BCUT2D eigenvalue weighted by atomic mass is 10.1. The van der Waals surface area contributed by atoms with E-state index < -0.39 is 0 Å². The molecule has 0 saturated heterocycles. The van der Waals surface area contributed by atoms with E-state index in [9.17, 15) is 0 Å². The first-order valence-electron chi connectivity index (χ1n) is 7.54. The summed E-state index contributed by atoms with van der Waals surface area (Å²) in [7, 11) is 0. The molecule has 2 rings (SSSR count).